The van der Waals surface area contributed by atoms with E-state index < -0.39 is 18.6 Å². The molecule has 0 spiro atoms. The fourth-order valence-corrected chi connectivity index (χ4v) is 1.87. The first-order chi connectivity index (χ1) is 7.28. The Bertz CT molecular complexity index is 293. The maximum Gasteiger partial charge on any atom is 0.406 e. The lowest BCUT2D eigenvalue weighted by Crippen LogP contribution is -2.52. The summed E-state index contributed by atoms with van der Waals surface area (Å²) in [7, 11) is 0. The summed E-state index contributed by atoms with van der Waals surface area (Å²) < 4.78 is 37.0. The summed E-state index contributed by atoms with van der Waals surface area (Å²) in [5.74, 6) is -0.489. The highest BCUT2D eigenvalue weighted by atomic mass is 79.9. The number of rotatable bonds is 3. The molecule has 0 bridgehead atoms. The lowest BCUT2D eigenvalue weighted by Gasteiger charge is -2.34. The van der Waals surface area contributed by atoms with Crippen LogP contribution < -0.4 is 0 Å². The minimum absolute atomic E-state index is 0.0146. The van der Waals surface area contributed by atoms with Crippen molar-refractivity contribution in [2.45, 2.75) is 6.18 Å². The second kappa shape index (κ2) is 5.18. The van der Waals surface area contributed by atoms with Crippen LogP contribution in [0.1, 0.15) is 0 Å². The molecule has 1 heterocycles. The molecule has 0 unspecified atom stereocenters. The monoisotopic (exact) mass is 300 g/mol. The van der Waals surface area contributed by atoms with Crippen molar-refractivity contribution in [2.75, 3.05) is 32.7 Å². The number of hydrogen-bond acceptors (Lipinski definition) is 2. The average Bonchev–Trinajstić information content (AvgIpc) is 2.06. The van der Waals surface area contributed by atoms with E-state index in [1.54, 1.807) is 4.90 Å². The van der Waals surface area contributed by atoms with Gasteiger partial charge in [0.2, 0.25) is 5.91 Å². The van der Waals surface area contributed by atoms with E-state index in [0.29, 0.717) is 17.6 Å². The molecule has 0 aromatic heterocycles. The van der Waals surface area contributed by atoms with E-state index in [1.807, 2.05) is 0 Å². The Balaban J connectivity index is 2.46. The minimum atomic E-state index is -4.32. The molecule has 0 radical (unpaired) electrons. The van der Waals surface area contributed by atoms with E-state index in [0.717, 1.165) is 4.90 Å². The quantitative estimate of drug-likeness (QED) is 0.790. The maximum absolute atomic E-state index is 12.1. The lowest BCUT2D eigenvalue weighted by atomic mass is 10.3. The van der Waals surface area contributed by atoms with Crippen molar-refractivity contribution in [3.8, 4) is 0 Å². The van der Waals surface area contributed by atoms with Crippen LogP contribution in [0.5, 0.6) is 0 Å². The molecular formula is C9H12BrF3N2O. The summed E-state index contributed by atoms with van der Waals surface area (Å²) in [6.45, 7) is 3.50. The Kier molecular flexibility index (Phi) is 4.37. The minimum Gasteiger partial charge on any atom is -0.331 e. The standard InChI is InChI=1S/C9H12BrF3N2O/c1-7(10)4-14-2-3-15(8(16)5-14)6-9(11,12)13/h1-6H2. The van der Waals surface area contributed by atoms with Crippen molar-refractivity contribution in [3.63, 3.8) is 0 Å². The Hall–Kier alpha value is -0.560. The van der Waals surface area contributed by atoms with E-state index in [-0.39, 0.29) is 13.1 Å². The van der Waals surface area contributed by atoms with E-state index in [4.69, 9.17) is 0 Å². The van der Waals surface area contributed by atoms with Crippen molar-refractivity contribution >= 4 is 21.8 Å². The van der Waals surface area contributed by atoms with Crippen LogP contribution in [0.2, 0.25) is 0 Å². The van der Waals surface area contributed by atoms with Crippen molar-refractivity contribution in [1.29, 1.82) is 0 Å². The van der Waals surface area contributed by atoms with Crippen molar-refractivity contribution in [1.82, 2.24) is 9.80 Å². The number of hydrogen-bond donors (Lipinski definition) is 0. The molecule has 1 rings (SSSR count). The maximum atomic E-state index is 12.1. The van der Waals surface area contributed by atoms with E-state index >= 15 is 0 Å². The summed E-state index contributed by atoms with van der Waals surface area (Å²) in [5, 5.41) is 0. The first-order valence-corrected chi connectivity index (χ1v) is 5.47. The van der Waals surface area contributed by atoms with E-state index in [1.165, 1.54) is 0 Å². The molecule has 1 amide bonds. The number of nitrogens with zero attached hydrogens (tertiary/aromatic N) is 2. The van der Waals surface area contributed by atoms with Gasteiger partial charge in [-0.05, 0) is 0 Å². The van der Waals surface area contributed by atoms with Crippen LogP contribution in [-0.2, 0) is 4.79 Å². The first kappa shape index (κ1) is 13.5. The molecule has 0 aliphatic carbocycles. The molecule has 0 saturated carbocycles. The van der Waals surface area contributed by atoms with Crippen LogP contribution in [-0.4, -0.2) is 54.6 Å². The number of carbonyl (C=O) groups is 1. The summed E-state index contributed by atoms with van der Waals surface area (Å²) in [4.78, 5) is 14.0. The fraction of sp³-hybridized carbons (Fsp3) is 0.667. The van der Waals surface area contributed by atoms with Crippen LogP contribution in [0.25, 0.3) is 0 Å². The van der Waals surface area contributed by atoms with Crippen molar-refractivity contribution in [3.05, 3.63) is 11.1 Å². The Morgan fingerprint density at radius 1 is 1.44 bits per heavy atom. The molecule has 1 fully saturated rings. The van der Waals surface area contributed by atoms with Crippen molar-refractivity contribution in [2.24, 2.45) is 0 Å². The molecule has 1 aliphatic rings. The number of amides is 1. The normalized spacial score (nSPS) is 19.0. The highest BCUT2D eigenvalue weighted by Gasteiger charge is 2.35. The summed E-state index contributed by atoms with van der Waals surface area (Å²) >= 11 is 3.15. The second-order valence-electron chi connectivity index (χ2n) is 3.66. The van der Waals surface area contributed by atoms with Crippen LogP contribution in [0.3, 0.4) is 0 Å². The highest BCUT2D eigenvalue weighted by molar-refractivity contribution is 9.11. The van der Waals surface area contributed by atoms with Gasteiger partial charge in [0.15, 0.2) is 0 Å². The third-order valence-electron chi connectivity index (χ3n) is 2.16. The van der Waals surface area contributed by atoms with Gasteiger partial charge in [0.25, 0.3) is 0 Å². The van der Waals surface area contributed by atoms with Crippen LogP contribution in [0.4, 0.5) is 13.2 Å². The third kappa shape index (κ3) is 4.52. The number of halogens is 4. The molecule has 16 heavy (non-hydrogen) atoms. The molecule has 0 atom stereocenters. The van der Waals surface area contributed by atoms with Gasteiger partial charge >= 0.3 is 6.18 Å². The Morgan fingerprint density at radius 2 is 2.06 bits per heavy atom. The topological polar surface area (TPSA) is 23.6 Å². The van der Waals surface area contributed by atoms with Gasteiger partial charge in [0.1, 0.15) is 6.54 Å². The zero-order chi connectivity index (χ0) is 12.3. The third-order valence-corrected chi connectivity index (χ3v) is 2.41. The van der Waals surface area contributed by atoms with E-state index in [9.17, 15) is 18.0 Å². The summed E-state index contributed by atoms with van der Waals surface area (Å²) in [6, 6.07) is 0. The van der Waals surface area contributed by atoms with Gasteiger partial charge in [-0.15, -0.1) is 0 Å². The smallest absolute Gasteiger partial charge is 0.331 e. The highest BCUT2D eigenvalue weighted by Crippen LogP contribution is 2.18. The fourth-order valence-electron chi connectivity index (χ4n) is 1.52. The van der Waals surface area contributed by atoms with Gasteiger partial charge in [-0.1, -0.05) is 22.5 Å². The largest absolute Gasteiger partial charge is 0.406 e. The van der Waals surface area contributed by atoms with Gasteiger partial charge in [0.05, 0.1) is 6.54 Å². The number of alkyl halides is 3. The molecule has 3 nitrogen and oxygen atoms in total. The van der Waals surface area contributed by atoms with Gasteiger partial charge in [-0.25, -0.2) is 0 Å². The summed E-state index contributed by atoms with van der Waals surface area (Å²) in [6.07, 6.45) is -4.32. The van der Waals surface area contributed by atoms with Crippen LogP contribution >= 0.6 is 15.9 Å². The molecule has 0 aromatic rings. The predicted octanol–water partition coefficient (Wildman–Crippen LogP) is 1.60. The van der Waals surface area contributed by atoms with Gasteiger partial charge in [-0.2, -0.15) is 13.2 Å². The number of piperazine rings is 1. The van der Waals surface area contributed by atoms with Crippen LogP contribution in [0, 0.1) is 0 Å². The molecule has 1 saturated heterocycles. The Morgan fingerprint density at radius 3 is 2.50 bits per heavy atom. The second-order valence-corrected chi connectivity index (χ2v) is 4.78. The molecule has 1 aliphatic heterocycles. The van der Waals surface area contributed by atoms with Crippen LogP contribution in [0.15, 0.2) is 11.1 Å². The Labute approximate surface area is 100 Å². The molecule has 0 N–H and O–H groups in total. The van der Waals surface area contributed by atoms with Crippen molar-refractivity contribution < 1.29 is 18.0 Å². The summed E-state index contributed by atoms with van der Waals surface area (Å²) in [5.41, 5.74) is 0. The number of carbonyl (C=O) groups excluding carboxylic acids is 1. The van der Waals surface area contributed by atoms with Gasteiger partial charge in [-0.3, -0.25) is 9.69 Å². The zero-order valence-corrected chi connectivity index (χ0v) is 10.1. The molecular weight excluding hydrogens is 289 g/mol. The molecule has 7 heteroatoms. The first-order valence-electron chi connectivity index (χ1n) is 4.68. The van der Waals surface area contributed by atoms with Gasteiger partial charge in [0, 0.05) is 24.1 Å². The molecule has 0 aromatic carbocycles. The predicted molar refractivity (Wildman–Crippen MR) is 57.1 cm³/mol. The van der Waals surface area contributed by atoms with E-state index in [2.05, 4.69) is 22.5 Å². The lowest BCUT2D eigenvalue weighted by molar-refractivity contribution is -0.165. The SMILES string of the molecule is C=C(Br)CN1CCN(CC(F)(F)F)C(=O)C1. The molecule has 92 valence electrons. The zero-order valence-electron chi connectivity index (χ0n) is 8.56. The van der Waals surface area contributed by atoms with Gasteiger partial charge < -0.3 is 4.90 Å². The average molecular weight is 301 g/mol.